The van der Waals surface area contributed by atoms with Crippen molar-refractivity contribution in [2.75, 3.05) is 5.32 Å². The summed E-state index contributed by atoms with van der Waals surface area (Å²) in [4.78, 5) is 50.9. The Morgan fingerprint density at radius 3 is 2.53 bits per heavy atom. The van der Waals surface area contributed by atoms with Gasteiger partial charge in [-0.25, -0.2) is 4.79 Å². The van der Waals surface area contributed by atoms with Crippen LogP contribution in [0, 0.1) is 0 Å². The highest BCUT2D eigenvalue weighted by Crippen LogP contribution is 2.19. The van der Waals surface area contributed by atoms with Gasteiger partial charge in [0.2, 0.25) is 11.8 Å². The molecule has 1 aromatic heterocycles. The minimum Gasteiger partial charge on any atom is -0.480 e. The van der Waals surface area contributed by atoms with E-state index >= 15 is 0 Å². The van der Waals surface area contributed by atoms with Crippen LogP contribution in [0.5, 0.6) is 0 Å². The number of amides is 3. The number of hydrogen-bond donors (Lipinski definition) is 5. The molecule has 0 unspecified atom stereocenters. The van der Waals surface area contributed by atoms with Crippen molar-refractivity contribution >= 4 is 40.3 Å². The molecule has 1 fully saturated rings. The molecule has 1 aliphatic heterocycles. The number of carboxylic acids is 1. The second kappa shape index (κ2) is 8.93. The first-order chi connectivity index (χ1) is 15.4. The standard InChI is InChI=1S/C23H22N4O5/c28-20-10-9-18(26-20)22(30)25-15-7-5-13(6-8-15)21(29)27-19(23(31)32)11-14-12-24-17-4-2-1-3-16(14)17/h1-8,12,18-19,24H,9-11H2,(H,25,30)(H,26,28)(H,27,29)(H,31,32)/t18-,19-/m0/s1. The zero-order valence-corrected chi connectivity index (χ0v) is 17.1. The van der Waals surface area contributed by atoms with Crippen molar-refractivity contribution < 1.29 is 24.3 Å². The molecule has 2 heterocycles. The Kier molecular flexibility index (Phi) is 5.89. The van der Waals surface area contributed by atoms with E-state index in [-0.39, 0.29) is 23.8 Å². The molecule has 9 heteroatoms. The van der Waals surface area contributed by atoms with Gasteiger partial charge >= 0.3 is 5.97 Å². The molecule has 3 aromatic rings. The Hall–Kier alpha value is -4.14. The van der Waals surface area contributed by atoms with E-state index in [2.05, 4.69) is 20.9 Å². The lowest BCUT2D eigenvalue weighted by molar-refractivity contribution is -0.139. The maximum absolute atomic E-state index is 12.6. The zero-order chi connectivity index (χ0) is 22.7. The van der Waals surface area contributed by atoms with E-state index in [0.29, 0.717) is 18.5 Å². The van der Waals surface area contributed by atoms with Crippen LogP contribution >= 0.6 is 0 Å². The number of carboxylic acid groups (broad SMARTS) is 1. The van der Waals surface area contributed by atoms with Crippen LogP contribution in [0.3, 0.4) is 0 Å². The second-order valence-electron chi connectivity index (χ2n) is 7.65. The Bertz CT molecular complexity index is 1180. The Morgan fingerprint density at radius 1 is 1.09 bits per heavy atom. The Balaban J connectivity index is 1.39. The third kappa shape index (κ3) is 4.61. The maximum atomic E-state index is 12.6. The van der Waals surface area contributed by atoms with E-state index in [1.54, 1.807) is 18.3 Å². The number of nitrogens with one attached hydrogen (secondary N) is 4. The molecule has 0 saturated carbocycles. The molecular formula is C23H22N4O5. The molecule has 0 spiro atoms. The van der Waals surface area contributed by atoms with Crippen molar-refractivity contribution in [3.63, 3.8) is 0 Å². The summed E-state index contributed by atoms with van der Waals surface area (Å²) in [6, 6.07) is 12.0. The van der Waals surface area contributed by atoms with E-state index < -0.39 is 24.0 Å². The summed E-state index contributed by atoms with van der Waals surface area (Å²) in [5, 5.41) is 18.4. The molecule has 3 amide bonds. The van der Waals surface area contributed by atoms with E-state index in [0.717, 1.165) is 16.5 Å². The van der Waals surface area contributed by atoms with Crippen LogP contribution in [-0.4, -0.2) is 45.9 Å². The van der Waals surface area contributed by atoms with E-state index in [4.69, 9.17) is 0 Å². The van der Waals surface area contributed by atoms with Gasteiger partial charge in [-0.1, -0.05) is 18.2 Å². The first-order valence-electron chi connectivity index (χ1n) is 10.2. The smallest absolute Gasteiger partial charge is 0.326 e. The fourth-order valence-electron chi connectivity index (χ4n) is 3.71. The predicted octanol–water partition coefficient (Wildman–Crippen LogP) is 1.81. The first-order valence-corrected chi connectivity index (χ1v) is 10.2. The predicted molar refractivity (Wildman–Crippen MR) is 117 cm³/mol. The number of rotatable bonds is 7. The van der Waals surface area contributed by atoms with E-state index in [1.807, 2.05) is 24.3 Å². The number of para-hydroxylation sites is 1. The summed E-state index contributed by atoms with van der Waals surface area (Å²) >= 11 is 0. The lowest BCUT2D eigenvalue weighted by Crippen LogP contribution is -2.42. The highest BCUT2D eigenvalue weighted by molar-refractivity contribution is 6.00. The summed E-state index contributed by atoms with van der Waals surface area (Å²) < 4.78 is 0. The lowest BCUT2D eigenvalue weighted by atomic mass is 10.0. The maximum Gasteiger partial charge on any atom is 0.326 e. The van der Waals surface area contributed by atoms with Crippen LogP contribution in [0.25, 0.3) is 10.9 Å². The molecule has 1 aliphatic rings. The normalized spacial score (nSPS) is 16.4. The average Bonchev–Trinajstić information content (AvgIpc) is 3.40. The van der Waals surface area contributed by atoms with Crippen molar-refractivity contribution in [3.05, 3.63) is 65.9 Å². The molecule has 164 valence electrons. The SMILES string of the molecule is O=C1CC[C@@H](C(=O)Nc2ccc(C(=O)N[C@@H](Cc3c[nH]c4ccccc34)C(=O)O)cc2)N1. The topological polar surface area (TPSA) is 140 Å². The quantitative estimate of drug-likeness (QED) is 0.386. The largest absolute Gasteiger partial charge is 0.480 e. The molecule has 1 saturated heterocycles. The Labute approximate surface area is 183 Å². The summed E-state index contributed by atoms with van der Waals surface area (Å²) in [5.41, 5.74) is 2.43. The Morgan fingerprint density at radius 2 is 1.84 bits per heavy atom. The average molecular weight is 434 g/mol. The van der Waals surface area contributed by atoms with Crippen LogP contribution in [0.1, 0.15) is 28.8 Å². The van der Waals surface area contributed by atoms with Gasteiger partial charge in [0.25, 0.3) is 5.91 Å². The van der Waals surface area contributed by atoms with Crippen molar-refractivity contribution in [2.45, 2.75) is 31.3 Å². The van der Waals surface area contributed by atoms with Gasteiger partial charge in [0, 0.05) is 41.2 Å². The fourth-order valence-corrected chi connectivity index (χ4v) is 3.71. The van der Waals surface area contributed by atoms with Crippen molar-refractivity contribution in [1.82, 2.24) is 15.6 Å². The molecule has 0 aliphatic carbocycles. The number of anilines is 1. The molecular weight excluding hydrogens is 412 g/mol. The van der Waals surface area contributed by atoms with E-state index in [1.165, 1.54) is 12.1 Å². The van der Waals surface area contributed by atoms with Gasteiger partial charge in [-0.05, 0) is 42.3 Å². The third-order valence-electron chi connectivity index (χ3n) is 5.43. The lowest BCUT2D eigenvalue weighted by Gasteiger charge is -2.15. The van der Waals surface area contributed by atoms with Crippen molar-refractivity contribution in [3.8, 4) is 0 Å². The van der Waals surface area contributed by atoms with Crippen LogP contribution in [0.4, 0.5) is 5.69 Å². The number of hydrogen-bond acceptors (Lipinski definition) is 4. The minimum absolute atomic E-state index is 0.131. The third-order valence-corrected chi connectivity index (χ3v) is 5.43. The highest BCUT2D eigenvalue weighted by Gasteiger charge is 2.27. The molecule has 2 atom stereocenters. The molecule has 0 bridgehead atoms. The van der Waals surface area contributed by atoms with Crippen LogP contribution in [0.2, 0.25) is 0 Å². The van der Waals surface area contributed by atoms with Gasteiger partial charge in [0.05, 0.1) is 0 Å². The first kappa shape index (κ1) is 21.1. The molecule has 4 rings (SSSR count). The zero-order valence-electron chi connectivity index (χ0n) is 17.1. The van der Waals surface area contributed by atoms with Gasteiger partial charge in [-0.3, -0.25) is 14.4 Å². The summed E-state index contributed by atoms with van der Waals surface area (Å²) in [5.74, 6) is -2.14. The number of fused-ring (bicyclic) bond motifs is 1. The second-order valence-corrected chi connectivity index (χ2v) is 7.65. The minimum atomic E-state index is -1.13. The molecule has 9 nitrogen and oxygen atoms in total. The van der Waals surface area contributed by atoms with Gasteiger partial charge in [0.1, 0.15) is 12.1 Å². The van der Waals surface area contributed by atoms with Crippen LogP contribution < -0.4 is 16.0 Å². The number of carbonyl (C=O) groups excluding carboxylic acids is 3. The number of carbonyl (C=O) groups is 4. The highest BCUT2D eigenvalue weighted by atomic mass is 16.4. The number of aliphatic carboxylic acids is 1. The number of H-pyrrole nitrogens is 1. The monoisotopic (exact) mass is 434 g/mol. The number of aromatic nitrogens is 1. The summed E-state index contributed by atoms with van der Waals surface area (Å²) in [6.07, 6.45) is 2.64. The van der Waals surface area contributed by atoms with Crippen molar-refractivity contribution in [2.24, 2.45) is 0 Å². The number of aromatic amines is 1. The van der Waals surface area contributed by atoms with Gasteiger partial charge in [-0.2, -0.15) is 0 Å². The molecule has 2 aromatic carbocycles. The van der Waals surface area contributed by atoms with Crippen LogP contribution in [0.15, 0.2) is 54.7 Å². The van der Waals surface area contributed by atoms with Gasteiger partial charge < -0.3 is 26.0 Å². The van der Waals surface area contributed by atoms with Gasteiger partial charge in [0.15, 0.2) is 0 Å². The van der Waals surface area contributed by atoms with Crippen LogP contribution in [-0.2, 0) is 20.8 Å². The van der Waals surface area contributed by atoms with Crippen molar-refractivity contribution in [1.29, 1.82) is 0 Å². The number of benzene rings is 2. The molecule has 32 heavy (non-hydrogen) atoms. The molecule has 5 N–H and O–H groups in total. The van der Waals surface area contributed by atoms with Gasteiger partial charge in [-0.15, -0.1) is 0 Å². The molecule has 0 radical (unpaired) electrons. The summed E-state index contributed by atoms with van der Waals surface area (Å²) in [6.45, 7) is 0. The summed E-state index contributed by atoms with van der Waals surface area (Å²) in [7, 11) is 0. The van der Waals surface area contributed by atoms with E-state index in [9.17, 15) is 24.3 Å². The fraction of sp³-hybridized carbons (Fsp3) is 0.217.